The molecule has 1 aromatic carbocycles. The molecule has 0 aliphatic heterocycles. The van der Waals surface area contributed by atoms with Crippen molar-refractivity contribution in [3.8, 4) is 11.1 Å². The molecule has 1 heterocycles. The van der Waals surface area contributed by atoms with Gasteiger partial charge in [-0.2, -0.15) is 0 Å². The van der Waals surface area contributed by atoms with Crippen LogP contribution in [0.15, 0.2) is 45.6 Å². The molecule has 4 nitrogen and oxygen atoms in total. The van der Waals surface area contributed by atoms with Crippen LogP contribution in [0.5, 0.6) is 0 Å². The van der Waals surface area contributed by atoms with Crippen LogP contribution in [0, 0.1) is 6.92 Å². The minimum Gasteiger partial charge on any atom is -0.475 e. The van der Waals surface area contributed by atoms with Gasteiger partial charge in [0.2, 0.25) is 5.76 Å². The third-order valence-electron chi connectivity index (χ3n) is 2.42. The Labute approximate surface area is 97.1 Å². The quantitative estimate of drug-likeness (QED) is 0.859. The summed E-state index contributed by atoms with van der Waals surface area (Å²) in [6, 6.07) is 10.4. The highest BCUT2D eigenvalue weighted by Gasteiger charge is 2.14. The van der Waals surface area contributed by atoms with Gasteiger partial charge in [-0.25, -0.2) is 9.59 Å². The predicted octanol–water partition coefficient (Wildman–Crippen LogP) is 2.31. The third kappa shape index (κ3) is 2.10. The maximum absolute atomic E-state index is 11.7. The second-order valence-electron chi connectivity index (χ2n) is 3.63. The van der Waals surface area contributed by atoms with Gasteiger partial charge in [0.1, 0.15) is 0 Å². The van der Waals surface area contributed by atoms with Crippen LogP contribution in [0.2, 0.25) is 0 Å². The number of hydrogen-bond acceptors (Lipinski definition) is 3. The van der Waals surface area contributed by atoms with Crippen molar-refractivity contribution in [2.45, 2.75) is 6.92 Å². The van der Waals surface area contributed by atoms with Gasteiger partial charge in [0.25, 0.3) is 0 Å². The van der Waals surface area contributed by atoms with E-state index in [-0.39, 0.29) is 5.76 Å². The van der Waals surface area contributed by atoms with E-state index in [0.29, 0.717) is 11.1 Å². The average molecular weight is 230 g/mol. The number of carbonyl (C=O) groups is 1. The first kappa shape index (κ1) is 11.1. The molecular formula is C13H10O4. The Morgan fingerprint density at radius 3 is 2.41 bits per heavy atom. The molecule has 2 aromatic rings. The van der Waals surface area contributed by atoms with E-state index in [9.17, 15) is 9.59 Å². The van der Waals surface area contributed by atoms with Crippen molar-refractivity contribution in [3.05, 3.63) is 58.1 Å². The summed E-state index contributed by atoms with van der Waals surface area (Å²) in [7, 11) is 0. The highest BCUT2D eigenvalue weighted by molar-refractivity contribution is 5.85. The Bertz CT molecular complexity index is 611. The molecule has 0 amide bonds. The van der Waals surface area contributed by atoms with Crippen LogP contribution < -0.4 is 5.63 Å². The molecule has 0 radical (unpaired) electrons. The fraction of sp³-hybridized carbons (Fsp3) is 0.0769. The zero-order chi connectivity index (χ0) is 12.4. The zero-order valence-corrected chi connectivity index (χ0v) is 9.14. The second-order valence-corrected chi connectivity index (χ2v) is 3.63. The van der Waals surface area contributed by atoms with E-state index in [1.54, 1.807) is 31.2 Å². The molecule has 17 heavy (non-hydrogen) atoms. The van der Waals surface area contributed by atoms with Crippen LogP contribution in [0.1, 0.15) is 16.1 Å². The maximum atomic E-state index is 11.7. The molecule has 2 rings (SSSR count). The normalized spacial score (nSPS) is 10.2. The first-order valence-electron chi connectivity index (χ1n) is 5.03. The smallest absolute Gasteiger partial charge is 0.371 e. The van der Waals surface area contributed by atoms with Crippen LogP contribution in [-0.2, 0) is 0 Å². The third-order valence-corrected chi connectivity index (χ3v) is 2.42. The van der Waals surface area contributed by atoms with Gasteiger partial charge in [-0.15, -0.1) is 0 Å². The van der Waals surface area contributed by atoms with Crippen molar-refractivity contribution in [3.63, 3.8) is 0 Å². The van der Waals surface area contributed by atoms with Gasteiger partial charge in [0.15, 0.2) is 0 Å². The lowest BCUT2D eigenvalue weighted by atomic mass is 10.0. The summed E-state index contributed by atoms with van der Waals surface area (Å²) < 4.78 is 4.75. The van der Waals surface area contributed by atoms with Crippen LogP contribution in [0.25, 0.3) is 11.1 Å². The van der Waals surface area contributed by atoms with Gasteiger partial charge < -0.3 is 9.52 Å². The molecule has 0 saturated heterocycles. The minimum atomic E-state index is -1.25. The lowest BCUT2D eigenvalue weighted by Crippen LogP contribution is -2.10. The predicted molar refractivity (Wildman–Crippen MR) is 62.1 cm³/mol. The van der Waals surface area contributed by atoms with Crippen LogP contribution >= 0.6 is 0 Å². The van der Waals surface area contributed by atoms with E-state index < -0.39 is 11.6 Å². The number of aromatic carboxylic acids is 1. The number of hydrogen-bond donors (Lipinski definition) is 1. The molecule has 0 spiro atoms. The molecule has 0 saturated carbocycles. The summed E-state index contributed by atoms with van der Waals surface area (Å²) >= 11 is 0. The van der Waals surface area contributed by atoms with Gasteiger partial charge in [-0.3, -0.25) is 0 Å². The summed E-state index contributed by atoms with van der Waals surface area (Å²) in [5.74, 6) is -1.59. The second kappa shape index (κ2) is 4.25. The van der Waals surface area contributed by atoms with Gasteiger partial charge >= 0.3 is 11.6 Å². The molecule has 0 unspecified atom stereocenters. The average Bonchev–Trinajstić information content (AvgIpc) is 2.29. The van der Waals surface area contributed by atoms with Crippen molar-refractivity contribution in [1.29, 1.82) is 0 Å². The molecule has 1 N–H and O–H groups in total. The Hall–Kier alpha value is -2.36. The molecule has 0 bridgehead atoms. The lowest BCUT2D eigenvalue weighted by molar-refractivity contribution is 0.0657. The summed E-state index contributed by atoms with van der Waals surface area (Å²) in [6.07, 6.45) is 0. The molecule has 0 aliphatic carbocycles. The minimum absolute atomic E-state index is 0.341. The number of aryl methyl sites for hydroxylation is 1. The van der Waals surface area contributed by atoms with E-state index in [1.807, 2.05) is 6.07 Å². The number of carboxylic acids is 1. The monoisotopic (exact) mass is 230 g/mol. The molecule has 0 atom stereocenters. The lowest BCUT2D eigenvalue weighted by Gasteiger charge is -2.04. The fourth-order valence-electron chi connectivity index (χ4n) is 1.67. The van der Waals surface area contributed by atoms with E-state index >= 15 is 0 Å². The highest BCUT2D eigenvalue weighted by Crippen LogP contribution is 2.19. The Balaban J connectivity index is 2.65. The first-order valence-corrected chi connectivity index (χ1v) is 5.03. The van der Waals surface area contributed by atoms with Crippen LogP contribution in [0.4, 0.5) is 0 Å². The van der Waals surface area contributed by atoms with E-state index in [1.165, 1.54) is 6.07 Å². The largest absolute Gasteiger partial charge is 0.475 e. The van der Waals surface area contributed by atoms with E-state index in [4.69, 9.17) is 9.52 Å². The maximum Gasteiger partial charge on any atom is 0.371 e. The molecular weight excluding hydrogens is 220 g/mol. The fourth-order valence-corrected chi connectivity index (χ4v) is 1.67. The zero-order valence-electron chi connectivity index (χ0n) is 9.14. The van der Waals surface area contributed by atoms with E-state index in [0.717, 1.165) is 5.56 Å². The van der Waals surface area contributed by atoms with Crippen LogP contribution in [0.3, 0.4) is 0 Å². The van der Waals surface area contributed by atoms with Crippen molar-refractivity contribution in [1.82, 2.24) is 0 Å². The van der Waals surface area contributed by atoms with E-state index in [2.05, 4.69) is 0 Å². The number of carboxylic acid groups (broad SMARTS) is 1. The Kier molecular flexibility index (Phi) is 2.78. The first-order chi connectivity index (χ1) is 8.09. The molecule has 0 aliphatic rings. The molecule has 4 heteroatoms. The van der Waals surface area contributed by atoms with Gasteiger partial charge in [0.05, 0.1) is 5.56 Å². The summed E-state index contributed by atoms with van der Waals surface area (Å²) in [5.41, 5.74) is 1.07. The Morgan fingerprint density at radius 1 is 1.24 bits per heavy atom. The Morgan fingerprint density at radius 2 is 1.88 bits per heavy atom. The summed E-state index contributed by atoms with van der Waals surface area (Å²) in [4.78, 5) is 22.5. The number of rotatable bonds is 2. The van der Waals surface area contributed by atoms with Crippen molar-refractivity contribution in [2.24, 2.45) is 0 Å². The standard InChI is InChI=1S/C13H10O4/c1-8-7-10(12(14)15)17-13(16)11(8)9-5-3-2-4-6-9/h2-7H,1H3,(H,14,15). The molecule has 0 fully saturated rings. The topological polar surface area (TPSA) is 67.5 Å². The summed E-state index contributed by atoms with van der Waals surface area (Å²) in [6.45, 7) is 1.69. The summed E-state index contributed by atoms with van der Waals surface area (Å²) in [5, 5.41) is 8.76. The van der Waals surface area contributed by atoms with Crippen LogP contribution in [-0.4, -0.2) is 11.1 Å². The molecule has 1 aromatic heterocycles. The highest BCUT2D eigenvalue weighted by atomic mass is 16.4. The molecule has 86 valence electrons. The van der Waals surface area contributed by atoms with Gasteiger partial charge in [-0.05, 0) is 24.1 Å². The van der Waals surface area contributed by atoms with Crippen molar-refractivity contribution < 1.29 is 14.3 Å². The number of benzene rings is 1. The van der Waals surface area contributed by atoms with Gasteiger partial charge in [-0.1, -0.05) is 30.3 Å². The van der Waals surface area contributed by atoms with Gasteiger partial charge in [0, 0.05) is 0 Å². The SMILES string of the molecule is Cc1cc(C(=O)O)oc(=O)c1-c1ccccc1. The van der Waals surface area contributed by atoms with Crippen molar-refractivity contribution >= 4 is 5.97 Å². The van der Waals surface area contributed by atoms with Crippen molar-refractivity contribution in [2.75, 3.05) is 0 Å².